The molecule has 1 unspecified atom stereocenters. The van der Waals surface area contributed by atoms with Gasteiger partial charge in [0.05, 0.1) is 11.6 Å². The molecule has 0 fully saturated rings. The summed E-state index contributed by atoms with van der Waals surface area (Å²) in [6, 6.07) is 9.35. The maximum Gasteiger partial charge on any atom is 0.225 e. The van der Waals surface area contributed by atoms with Crippen LogP contribution in [-0.4, -0.2) is 30.4 Å². The highest BCUT2D eigenvalue weighted by Gasteiger charge is 2.23. The van der Waals surface area contributed by atoms with Crippen molar-refractivity contribution >= 4 is 11.6 Å². The SMILES string of the molecule is CC(N(C)CCC(=O)Nc1ccc(C#N)cc1)C(C)(C)C. The molecule has 0 radical (unpaired) electrons. The van der Waals surface area contributed by atoms with Gasteiger partial charge in [0.25, 0.3) is 0 Å². The van der Waals surface area contributed by atoms with Crippen LogP contribution in [0, 0.1) is 16.7 Å². The standard InChI is InChI=1S/C17H25N3O/c1-13(17(2,3)4)20(5)11-10-16(21)19-15-8-6-14(12-18)7-9-15/h6-9,13H,10-11H2,1-5H3,(H,19,21). The van der Waals surface area contributed by atoms with Crippen molar-refractivity contribution in [1.29, 1.82) is 5.26 Å². The van der Waals surface area contributed by atoms with E-state index in [-0.39, 0.29) is 11.3 Å². The third-order valence-corrected chi connectivity index (χ3v) is 3.90. The van der Waals surface area contributed by atoms with E-state index >= 15 is 0 Å². The Kier molecular flexibility index (Phi) is 5.92. The van der Waals surface area contributed by atoms with Crippen molar-refractivity contribution in [2.75, 3.05) is 18.9 Å². The topological polar surface area (TPSA) is 56.1 Å². The van der Waals surface area contributed by atoms with E-state index in [1.165, 1.54) is 0 Å². The van der Waals surface area contributed by atoms with Crippen LogP contribution in [0.3, 0.4) is 0 Å². The van der Waals surface area contributed by atoms with Crippen molar-refractivity contribution in [2.45, 2.75) is 40.2 Å². The number of amides is 1. The molecular weight excluding hydrogens is 262 g/mol. The second-order valence-electron chi connectivity index (χ2n) is 6.51. The van der Waals surface area contributed by atoms with Gasteiger partial charge in [-0.15, -0.1) is 0 Å². The lowest BCUT2D eigenvalue weighted by Gasteiger charge is -2.35. The molecule has 0 spiro atoms. The molecular formula is C17H25N3O. The second-order valence-corrected chi connectivity index (χ2v) is 6.51. The monoisotopic (exact) mass is 287 g/mol. The van der Waals surface area contributed by atoms with Crippen molar-refractivity contribution < 1.29 is 4.79 Å². The zero-order valence-corrected chi connectivity index (χ0v) is 13.6. The van der Waals surface area contributed by atoms with Crippen molar-refractivity contribution in [2.24, 2.45) is 5.41 Å². The van der Waals surface area contributed by atoms with Gasteiger partial charge in [0.1, 0.15) is 0 Å². The first-order valence-electron chi connectivity index (χ1n) is 7.24. The van der Waals surface area contributed by atoms with E-state index in [2.05, 4.69) is 44.0 Å². The van der Waals surface area contributed by atoms with Gasteiger partial charge in [0.15, 0.2) is 0 Å². The molecule has 4 nitrogen and oxygen atoms in total. The van der Waals surface area contributed by atoms with E-state index in [0.717, 1.165) is 12.2 Å². The number of nitrogens with one attached hydrogen (secondary N) is 1. The number of nitrogens with zero attached hydrogens (tertiary/aromatic N) is 2. The number of nitriles is 1. The van der Waals surface area contributed by atoms with Crippen LogP contribution in [0.25, 0.3) is 0 Å². The Morgan fingerprint density at radius 2 is 1.90 bits per heavy atom. The number of benzene rings is 1. The third kappa shape index (κ3) is 5.57. The van der Waals surface area contributed by atoms with Gasteiger partial charge in [0.2, 0.25) is 5.91 Å². The average Bonchev–Trinajstić information content (AvgIpc) is 2.43. The number of carbonyl (C=O) groups is 1. The minimum atomic E-state index is -0.00679. The summed E-state index contributed by atoms with van der Waals surface area (Å²) in [5, 5.41) is 11.6. The highest BCUT2D eigenvalue weighted by Crippen LogP contribution is 2.23. The lowest BCUT2D eigenvalue weighted by molar-refractivity contribution is -0.116. The van der Waals surface area contributed by atoms with Crippen molar-refractivity contribution in [3.05, 3.63) is 29.8 Å². The zero-order chi connectivity index (χ0) is 16.0. The number of hydrogen-bond acceptors (Lipinski definition) is 3. The third-order valence-electron chi connectivity index (χ3n) is 3.90. The number of carbonyl (C=O) groups excluding carboxylic acids is 1. The molecule has 1 atom stereocenters. The number of rotatable bonds is 5. The number of hydrogen-bond donors (Lipinski definition) is 1. The van der Waals surface area contributed by atoms with Crippen LogP contribution in [-0.2, 0) is 4.79 Å². The van der Waals surface area contributed by atoms with E-state index < -0.39 is 0 Å². The largest absolute Gasteiger partial charge is 0.326 e. The highest BCUT2D eigenvalue weighted by atomic mass is 16.1. The van der Waals surface area contributed by atoms with Crippen molar-refractivity contribution in [1.82, 2.24) is 4.90 Å². The molecule has 114 valence electrons. The summed E-state index contributed by atoms with van der Waals surface area (Å²) in [4.78, 5) is 14.1. The zero-order valence-electron chi connectivity index (χ0n) is 13.6. The van der Waals surface area contributed by atoms with E-state index in [1.807, 2.05) is 7.05 Å². The van der Waals surface area contributed by atoms with Gasteiger partial charge < -0.3 is 10.2 Å². The van der Waals surface area contributed by atoms with Crippen LogP contribution in [0.4, 0.5) is 5.69 Å². The van der Waals surface area contributed by atoms with Gasteiger partial charge in [-0.25, -0.2) is 0 Å². The normalized spacial score (nSPS) is 12.8. The first kappa shape index (κ1) is 17.2. The Balaban J connectivity index is 2.45. The van der Waals surface area contributed by atoms with Crippen LogP contribution < -0.4 is 5.32 Å². The molecule has 0 aliphatic heterocycles. The van der Waals surface area contributed by atoms with E-state index in [1.54, 1.807) is 24.3 Å². The quantitative estimate of drug-likeness (QED) is 0.904. The summed E-state index contributed by atoms with van der Waals surface area (Å²) in [6.45, 7) is 9.50. The summed E-state index contributed by atoms with van der Waals surface area (Å²) >= 11 is 0. The molecule has 21 heavy (non-hydrogen) atoms. The van der Waals surface area contributed by atoms with Gasteiger partial charge in [0, 0.05) is 24.7 Å². The first-order chi connectivity index (χ1) is 9.74. The molecule has 0 aromatic heterocycles. The summed E-state index contributed by atoms with van der Waals surface area (Å²) in [7, 11) is 2.05. The summed E-state index contributed by atoms with van der Waals surface area (Å²) in [6.07, 6.45) is 0.455. The first-order valence-corrected chi connectivity index (χ1v) is 7.24. The Labute approximate surface area is 127 Å². The lowest BCUT2D eigenvalue weighted by atomic mass is 9.87. The molecule has 0 aliphatic rings. The van der Waals surface area contributed by atoms with Crippen LogP contribution in [0.1, 0.15) is 39.7 Å². The summed E-state index contributed by atoms with van der Waals surface area (Å²) < 4.78 is 0. The molecule has 0 aliphatic carbocycles. The maximum absolute atomic E-state index is 11.9. The highest BCUT2D eigenvalue weighted by molar-refractivity contribution is 5.90. The van der Waals surface area contributed by atoms with E-state index in [0.29, 0.717) is 18.0 Å². The predicted octanol–water partition coefficient (Wildman–Crippen LogP) is 3.25. The van der Waals surface area contributed by atoms with Gasteiger partial charge in [-0.1, -0.05) is 20.8 Å². The molecule has 4 heteroatoms. The van der Waals surface area contributed by atoms with Gasteiger partial charge >= 0.3 is 0 Å². The van der Waals surface area contributed by atoms with Crippen LogP contribution in [0.5, 0.6) is 0 Å². The van der Waals surface area contributed by atoms with Crippen molar-refractivity contribution in [3.8, 4) is 6.07 Å². The maximum atomic E-state index is 11.9. The van der Waals surface area contributed by atoms with Crippen LogP contribution in [0.15, 0.2) is 24.3 Å². The van der Waals surface area contributed by atoms with E-state index in [4.69, 9.17) is 5.26 Å². The molecule has 1 aromatic carbocycles. The van der Waals surface area contributed by atoms with Crippen molar-refractivity contribution in [3.63, 3.8) is 0 Å². The number of anilines is 1. The van der Waals surface area contributed by atoms with Gasteiger partial charge in [-0.2, -0.15) is 5.26 Å². The fourth-order valence-electron chi connectivity index (χ4n) is 1.98. The van der Waals surface area contributed by atoms with Crippen LogP contribution >= 0.6 is 0 Å². The molecule has 0 heterocycles. The molecule has 0 bridgehead atoms. The second kappa shape index (κ2) is 7.24. The molecule has 1 rings (SSSR count). The van der Waals surface area contributed by atoms with Gasteiger partial charge in [-0.05, 0) is 43.7 Å². The van der Waals surface area contributed by atoms with Gasteiger partial charge in [-0.3, -0.25) is 4.79 Å². The molecule has 0 saturated carbocycles. The summed E-state index contributed by atoms with van der Waals surface area (Å²) in [5.41, 5.74) is 1.51. The predicted molar refractivity (Wildman–Crippen MR) is 86.0 cm³/mol. The fourth-order valence-corrected chi connectivity index (χ4v) is 1.98. The average molecular weight is 287 g/mol. The smallest absolute Gasteiger partial charge is 0.225 e. The minimum Gasteiger partial charge on any atom is -0.326 e. The Morgan fingerprint density at radius 1 is 1.33 bits per heavy atom. The molecule has 0 saturated heterocycles. The Morgan fingerprint density at radius 3 is 2.38 bits per heavy atom. The lowest BCUT2D eigenvalue weighted by Crippen LogP contribution is -2.40. The molecule has 1 N–H and O–H groups in total. The fraction of sp³-hybridized carbons (Fsp3) is 0.529. The van der Waals surface area contributed by atoms with E-state index in [9.17, 15) is 4.79 Å². The summed E-state index contributed by atoms with van der Waals surface area (Å²) in [5.74, 6) is -0.00679. The molecule has 1 amide bonds. The Bertz CT molecular complexity index is 508. The minimum absolute atomic E-state index is 0.00679. The van der Waals surface area contributed by atoms with Crippen LogP contribution in [0.2, 0.25) is 0 Å². The Hall–Kier alpha value is -1.86. The molecule has 1 aromatic rings.